The molecule has 0 unspecified atom stereocenters. The van der Waals surface area contributed by atoms with Crippen molar-refractivity contribution in [2.45, 2.75) is 13.3 Å². The third kappa shape index (κ3) is 2.52. The van der Waals surface area contributed by atoms with Gasteiger partial charge >= 0.3 is 0 Å². The Morgan fingerprint density at radius 1 is 1.56 bits per heavy atom. The standard InChI is InChI=1S/C12H16N2O2/c1-9(10-7-13-8-10)12(15)14-5-4-11-3-2-6-16-11/h2-3,6,13H,4-5,7-8H2,1H3,(H,14,15). The zero-order valence-corrected chi connectivity index (χ0v) is 9.38. The van der Waals surface area contributed by atoms with Crippen molar-refractivity contribution in [3.05, 3.63) is 35.3 Å². The van der Waals surface area contributed by atoms with Crippen LogP contribution in [0.3, 0.4) is 0 Å². The summed E-state index contributed by atoms with van der Waals surface area (Å²) in [5.74, 6) is 0.930. The number of amides is 1. The lowest BCUT2D eigenvalue weighted by Gasteiger charge is -2.21. The summed E-state index contributed by atoms with van der Waals surface area (Å²) in [7, 11) is 0. The Morgan fingerprint density at radius 2 is 2.38 bits per heavy atom. The Balaban J connectivity index is 1.76. The molecular formula is C12H16N2O2. The quantitative estimate of drug-likeness (QED) is 0.740. The van der Waals surface area contributed by atoms with E-state index in [2.05, 4.69) is 10.6 Å². The van der Waals surface area contributed by atoms with Gasteiger partial charge in [-0.3, -0.25) is 4.79 Å². The van der Waals surface area contributed by atoms with Crippen molar-refractivity contribution in [2.75, 3.05) is 19.6 Å². The summed E-state index contributed by atoms with van der Waals surface area (Å²) < 4.78 is 5.18. The highest BCUT2D eigenvalue weighted by molar-refractivity contribution is 5.93. The van der Waals surface area contributed by atoms with Crippen molar-refractivity contribution in [3.63, 3.8) is 0 Å². The minimum Gasteiger partial charge on any atom is -0.469 e. The molecule has 0 saturated carbocycles. The first kappa shape index (κ1) is 11.0. The molecule has 1 aromatic heterocycles. The van der Waals surface area contributed by atoms with Gasteiger partial charge in [0.1, 0.15) is 5.76 Å². The molecule has 86 valence electrons. The number of carbonyl (C=O) groups is 1. The summed E-state index contributed by atoms with van der Waals surface area (Å²) in [4.78, 5) is 11.7. The van der Waals surface area contributed by atoms with Gasteiger partial charge in [0, 0.05) is 31.6 Å². The molecule has 1 aromatic rings. The summed E-state index contributed by atoms with van der Waals surface area (Å²) in [6, 6.07) is 3.76. The van der Waals surface area contributed by atoms with E-state index in [0.717, 1.165) is 30.8 Å². The van der Waals surface area contributed by atoms with E-state index >= 15 is 0 Å². The van der Waals surface area contributed by atoms with Gasteiger partial charge < -0.3 is 15.1 Å². The van der Waals surface area contributed by atoms with E-state index in [4.69, 9.17) is 4.42 Å². The zero-order valence-electron chi connectivity index (χ0n) is 9.38. The first-order valence-electron chi connectivity index (χ1n) is 5.47. The van der Waals surface area contributed by atoms with Crippen LogP contribution in [0.1, 0.15) is 12.7 Å². The van der Waals surface area contributed by atoms with Gasteiger partial charge in [-0.05, 0) is 24.6 Å². The topological polar surface area (TPSA) is 54.3 Å². The Hall–Kier alpha value is -1.55. The monoisotopic (exact) mass is 220 g/mol. The first-order chi connectivity index (χ1) is 7.77. The van der Waals surface area contributed by atoms with E-state index in [9.17, 15) is 4.79 Å². The highest BCUT2D eigenvalue weighted by atomic mass is 16.3. The predicted molar refractivity (Wildman–Crippen MR) is 61.0 cm³/mol. The maximum atomic E-state index is 11.7. The molecule has 0 spiro atoms. The Kier molecular flexibility index (Phi) is 3.41. The highest BCUT2D eigenvalue weighted by Gasteiger charge is 2.15. The molecular weight excluding hydrogens is 204 g/mol. The van der Waals surface area contributed by atoms with Crippen LogP contribution in [0.15, 0.2) is 34.0 Å². The summed E-state index contributed by atoms with van der Waals surface area (Å²) in [5.41, 5.74) is 2.05. The SMILES string of the molecule is CC(C(=O)NCCc1ccco1)=C1CNC1. The molecule has 2 heterocycles. The molecule has 1 aliphatic rings. The van der Waals surface area contributed by atoms with Crippen LogP contribution in [0.4, 0.5) is 0 Å². The summed E-state index contributed by atoms with van der Waals surface area (Å²) in [6.07, 6.45) is 2.38. The van der Waals surface area contributed by atoms with E-state index in [1.807, 2.05) is 19.1 Å². The lowest BCUT2D eigenvalue weighted by atomic mass is 10.0. The van der Waals surface area contributed by atoms with Crippen LogP contribution in [-0.4, -0.2) is 25.5 Å². The maximum Gasteiger partial charge on any atom is 0.246 e. The van der Waals surface area contributed by atoms with Crippen LogP contribution in [0.5, 0.6) is 0 Å². The van der Waals surface area contributed by atoms with Crippen LogP contribution in [0.25, 0.3) is 0 Å². The van der Waals surface area contributed by atoms with Crippen molar-refractivity contribution >= 4 is 5.91 Å². The van der Waals surface area contributed by atoms with Crippen LogP contribution in [0.2, 0.25) is 0 Å². The average Bonchev–Trinajstić information content (AvgIpc) is 2.67. The molecule has 4 nitrogen and oxygen atoms in total. The molecule has 0 atom stereocenters. The Morgan fingerprint density at radius 3 is 2.94 bits per heavy atom. The summed E-state index contributed by atoms with van der Waals surface area (Å²) in [5, 5.41) is 6.01. The van der Waals surface area contributed by atoms with Gasteiger partial charge in [-0.15, -0.1) is 0 Å². The summed E-state index contributed by atoms with van der Waals surface area (Å²) >= 11 is 0. The fourth-order valence-corrected chi connectivity index (χ4v) is 1.56. The van der Waals surface area contributed by atoms with Gasteiger partial charge in [0.05, 0.1) is 6.26 Å². The molecule has 2 rings (SSSR count). The average molecular weight is 220 g/mol. The molecule has 0 bridgehead atoms. The second kappa shape index (κ2) is 4.99. The molecule has 0 radical (unpaired) electrons. The van der Waals surface area contributed by atoms with E-state index in [1.165, 1.54) is 5.57 Å². The molecule has 1 fully saturated rings. The van der Waals surface area contributed by atoms with Crippen molar-refractivity contribution in [1.29, 1.82) is 0 Å². The van der Waals surface area contributed by atoms with E-state index in [-0.39, 0.29) is 5.91 Å². The lowest BCUT2D eigenvalue weighted by Crippen LogP contribution is -2.38. The lowest BCUT2D eigenvalue weighted by molar-refractivity contribution is -0.117. The van der Waals surface area contributed by atoms with Gasteiger partial charge in [-0.25, -0.2) is 0 Å². The largest absolute Gasteiger partial charge is 0.469 e. The third-order valence-corrected chi connectivity index (χ3v) is 2.78. The van der Waals surface area contributed by atoms with E-state index in [0.29, 0.717) is 6.54 Å². The number of hydrogen-bond donors (Lipinski definition) is 2. The minimum atomic E-state index is 0.0306. The molecule has 1 amide bonds. The van der Waals surface area contributed by atoms with Gasteiger partial charge in [0.15, 0.2) is 0 Å². The van der Waals surface area contributed by atoms with Crippen molar-refractivity contribution < 1.29 is 9.21 Å². The zero-order chi connectivity index (χ0) is 11.4. The second-order valence-corrected chi connectivity index (χ2v) is 3.92. The van der Waals surface area contributed by atoms with Gasteiger partial charge in [-0.2, -0.15) is 0 Å². The van der Waals surface area contributed by atoms with Crippen molar-refractivity contribution in [1.82, 2.24) is 10.6 Å². The molecule has 16 heavy (non-hydrogen) atoms. The van der Waals surface area contributed by atoms with Crippen molar-refractivity contribution in [3.8, 4) is 0 Å². The normalized spacial score (nSPS) is 14.4. The predicted octanol–water partition coefficient (Wildman–Crippen LogP) is 0.858. The Bertz CT molecular complexity index is 387. The van der Waals surface area contributed by atoms with E-state index < -0.39 is 0 Å². The fraction of sp³-hybridized carbons (Fsp3) is 0.417. The molecule has 1 saturated heterocycles. The summed E-state index contributed by atoms with van der Waals surface area (Å²) in [6.45, 7) is 4.18. The number of nitrogens with one attached hydrogen (secondary N) is 2. The second-order valence-electron chi connectivity index (χ2n) is 3.92. The molecule has 2 N–H and O–H groups in total. The van der Waals surface area contributed by atoms with Crippen LogP contribution in [0, 0.1) is 0 Å². The smallest absolute Gasteiger partial charge is 0.246 e. The number of hydrogen-bond acceptors (Lipinski definition) is 3. The first-order valence-corrected chi connectivity index (χ1v) is 5.47. The third-order valence-electron chi connectivity index (χ3n) is 2.78. The van der Waals surface area contributed by atoms with Crippen LogP contribution in [-0.2, 0) is 11.2 Å². The fourth-order valence-electron chi connectivity index (χ4n) is 1.56. The molecule has 1 aliphatic heterocycles. The number of rotatable bonds is 4. The van der Waals surface area contributed by atoms with Gasteiger partial charge in [0.2, 0.25) is 5.91 Å². The number of carbonyl (C=O) groups excluding carboxylic acids is 1. The van der Waals surface area contributed by atoms with Crippen molar-refractivity contribution in [2.24, 2.45) is 0 Å². The maximum absolute atomic E-state index is 11.7. The van der Waals surface area contributed by atoms with Gasteiger partial charge in [0.25, 0.3) is 0 Å². The van der Waals surface area contributed by atoms with Gasteiger partial charge in [-0.1, -0.05) is 0 Å². The molecule has 0 aliphatic carbocycles. The molecule has 0 aromatic carbocycles. The van der Waals surface area contributed by atoms with Crippen LogP contribution >= 0.6 is 0 Å². The number of furan rings is 1. The Labute approximate surface area is 94.7 Å². The van der Waals surface area contributed by atoms with E-state index in [1.54, 1.807) is 6.26 Å². The highest BCUT2D eigenvalue weighted by Crippen LogP contribution is 2.08. The molecule has 4 heteroatoms. The minimum absolute atomic E-state index is 0.0306. The van der Waals surface area contributed by atoms with Crippen LogP contribution < -0.4 is 10.6 Å².